The third kappa shape index (κ3) is 4.88. The molecule has 2 nitrogen and oxygen atoms in total. The average Bonchev–Trinajstić information content (AvgIpc) is 2.36. The van der Waals surface area contributed by atoms with Gasteiger partial charge in [-0.1, -0.05) is 44.2 Å². The molecule has 0 aliphatic heterocycles. The summed E-state index contributed by atoms with van der Waals surface area (Å²) in [6.07, 6.45) is 0. The lowest BCUT2D eigenvalue weighted by Crippen LogP contribution is -2.38. The smallest absolute Gasteiger partial charge is 0.0233 e. The molecule has 0 saturated heterocycles. The highest BCUT2D eigenvalue weighted by molar-refractivity contribution is 5.14. The summed E-state index contributed by atoms with van der Waals surface area (Å²) >= 11 is 0. The largest absolute Gasteiger partial charge is 0.317 e. The number of rotatable bonds is 7. The molecule has 2 atom stereocenters. The van der Waals surface area contributed by atoms with Crippen LogP contribution in [0.15, 0.2) is 30.3 Å². The first-order chi connectivity index (χ1) is 8.15. The second kappa shape index (κ2) is 7.46. The number of hydrogen-bond donors (Lipinski definition) is 1. The molecule has 17 heavy (non-hydrogen) atoms. The Morgan fingerprint density at radius 2 is 1.82 bits per heavy atom. The molecular weight excluding hydrogens is 208 g/mol. The van der Waals surface area contributed by atoms with Gasteiger partial charge in [0.25, 0.3) is 0 Å². The Morgan fingerprint density at radius 3 is 2.41 bits per heavy atom. The van der Waals surface area contributed by atoms with Gasteiger partial charge in [0.1, 0.15) is 0 Å². The van der Waals surface area contributed by atoms with Crippen LogP contribution in [0.1, 0.15) is 26.3 Å². The second-order valence-corrected chi connectivity index (χ2v) is 4.93. The molecule has 0 heterocycles. The molecule has 96 valence electrons. The van der Waals surface area contributed by atoms with E-state index in [1.165, 1.54) is 5.56 Å². The summed E-state index contributed by atoms with van der Waals surface area (Å²) in [7, 11) is 2.21. The van der Waals surface area contributed by atoms with E-state index in [1.807, 2.05) is 0 Å². The molecule has 2 unspecified atom stereocenters. The summed E-state index contributed by atoms with van der Waals surface area (Å²) < 4.78 is 0. The Bertz CT molecular complexity index is 297. The quantitative estimate of drug-likeness (QED) is 0.780. The molecule has 0 radical (unpaired) electrons. The third-order valence-electron chi connectivity index (χ3n) is 3.51. The predicted molar refractivity (Wildman–Crippen MR) is 75.1 cm³/mol. The highest BCUT2D eigenvalue weighted by Crippen LogP contribution is 2.12. The van der Waals surface area contributed by atoms with Crippen molar-refractivity contribution >= 4 is 0 Å². The Hall–Kier alpha value is -0.860. The molecule has 0 bridgehead atoms. The van der Waals surface area contributed by atoms with Gasteiger partial charge in [-0.25, -0.2) is 0 Å². The van der Waals surface area contributed by atoms with Crippen molar-refractivity contribution in [2.75, 3.05) is 20.1 Å². The summed E-state index contributed by atoms with van der Waals surface area (Å²) in [5.74, 6) is 0.670. The van der Waals surface area contributed by atoms with Gasteiger partial charge < -0.3 is 5.32 Å². The maximum absolute atomic E-state index is 3.42. The lowest BCUT2D eigenvalue weighted by atomic mass is 10.0. The minimum atomic E-state index is 0.592. The van der Waals surface area contributed by atoms with Gasteiger partial charge >= 0.3 is 0 Å². The van der Waals surface area contributed by atoms with Crippen LogP contribution in [-0.2, 0) is 6.54 Å². The standard InChI is InChI=1S/C15H26N2/c1-5-16-11-13(2)14(3)17(4)12-15-9-7-6-8-10-15/h6-10,13-14,16H,5,11-12H2,1-4H3. The summed E-state index contributed by atoms with van der Waals surface area (Å²) in [6, 6.07) is 11.3. The molecule has 1 aromatic carbocycles. The van der Waals surface area contributed by atoms with Gasteiger partial charge in [0, 0.05) is 12.6 Å². The van der Waals surface area contributed by atoms with Gasteiger partial charge in [0.05, 0.1) is 0 Å². The molecule has 0 amide bonds. The fourth-order valence-corrected chi connectivity index (χ4v) is 1.99. The number of hydrogen-bond acceptors (Lipinski definition) is 2. The summed E-state index contributed by atoms with van der Waals surface area (Å²) in [6.45, 7) is 9.96. The SMILES string of the molecule is CCNCC(C)C(C)N(C)Cc1ccccc1. The first kappa shape index (κ1) is 14.2. The van der Waals surface area contributed by atoms with Gasteiger partial charge in [0.15, 0.2) is 0 Å². The normalized spacial score (nSPS) is 14.9. The van der Waals surface area contributed by atoms with Crippen LogP contribution in [0.3, 0.4) is 0 Å². The van der Waals surface area contributed by atoms with E-state index in [4.69, 9.17) is 0 Å². The van der Waals surface area contributed by atoms with Crippen LogP contribution in [0.25, 0.3) is 0 Å². The lowest BCUT2D eigenvalue weighted by Gasteiger charge is -2.30. The maximum Gasteiger partial charge on any atom is 0.0233 e. The fourth-order valence-electron chi connectivity index (χ4n) is 1.99. The van der Waals surface area contributed by atoms with Crippen LogP contribution in [0.4, 0.5) is 0 Å². The number of nitrogens with zero attached hydrogens (tertiary/aromatic N) is 1. The van der Waals surface area contributed by atoms with Crippen LogP contribution in [0.2, 0.25) is 0 Å². The molecule has 0 spiro atoms. The van der Waals surface area contributed by atoms with Crippen molar-refractivity contribution in [3.63, 3.8) is 0 Å². The van der Waals surface area contributed by atoms with Gasteiger partial charge in [-0.3, -0.25) is 4.90 Å². The van der Waals surface area contributed by atoms with Crippen molar-refractivity contribution in [2.24, 2.45) is 5.92 Å². The summed E-state index contributed by atoms with van der Waals surface area (Å²) in [4.78, 5) is 2.43. The average molecular weight is 234 g/mol. The van der Waals surface area contributed by atoms with Gasteiger partial charge in [-0.15, -0.1) is 0 Å². The molecule has 1 N–H and O–H groups in total. The van der Waals surface area contributed by atoms with Crippen molar-refractivity contribution in [3.8, 4) is 0 Å². The molecule has 1 aromatic rings. The first-order valence-electron chi connectivity index (χ1n) is 6.60. The monoisotopic (exact) mass is 234 g/mol. The minimum Gasteiger partial charge on any atom is -0.317 e. The zero-order chi connectivity index (χ0) is 12.7. The highest BCUT2D eigenvalue weighted by atomic mass is 15.1. The maximum atomic E-state index is 3.42. The fraction of sp³-hybridized carbons (Fsp3) is 0.600. The van der Waals surface area contributed by atoms with Crippen molar-refractivity contribution in [2.45, 2.75) is 33.4 Å². The Morgan fingerprint density at radius 1 is 1.18 bits per heavy atom. The third-order valence-corrected chi connectivity index (χ3v) is 3.51. The molecule has 1 rings (SSSR count). The number of nitrogens with one attached hydrogen (secondary N) is 1. The predicted octanol–water partition coefficient (Wildman–Crippen LogP) is 2.75. The molecule has 0 aromatic heterocycles. The van der Waals surface area contributed by atoms with Crippen LogP contribution >= 0.6 is 0 Å². The Kier molecular flexibility index (Phi) is 6.23. The highest BCUT2D eigenvalue weighted by Gasteiger charge is 2.16. The summed E-state index contributed by atoms with van der Waals surface area (Å²) in [5.41, 5.74) is 1.39. The van der Waals surface area contributed by atoms with E-state index in [0.29, 0.717) is 12.0 Å². The van der Waals surface area contributed by atoms with E-state index in [1.54, 1.807) is 0 Å². The number of benzene rings is 1. The zero-order valence-corrected chi connectivity index (χ0v) is 11.6. The molecular formula is C15H26N2. The van der Waals surface area contributed by atoms with Crippen LogP contribution in [0, 0.1) is 5.92 Å². The molecule has 0 aliphatic rings. The van der Waals surface area contributed by atoms with Crippen LogP contribution in [-0.4, -0.2) is 31.1 Å². The van der Waals surface area contributed by atoms with E-state index >= 15 is 0 Å². The van der Waals surface area contributed by atoms with E-state index in [9.17, 15) is 0 Å². The Balaban J connectivity index is 2.43. The van der Waals surface area contributed by atoms with Gasteiger partial charge in [-0.05, 0) is 38.5 Å². The van der Waals surface area contributed by atoms with Crippen molar-refractivity contribution in [1.29, 1.82) is 0 Å². The molecule has 0 fully saturated rings. The van der Waals surface area contributed by atoms with E-state index in [-0.39, 0.29) is 0 Å². The lowest BCUT2D eigenvalue weighted by molar-refractivity contribution is 0.189. The molecule has 0 saturated carbocycles. The van der Waals surface area contributed by atoms with E-state index < -0.39 is 0 Å². The van der Waals surface area contributed by atoms with E-state index in [2.05, 4.69) is 68.4 Å². The van der Waals surface area contributed by atoms with E-state index in [0.717, 1.165) is 19.6 Å². The topological polar surface area (TPSA) is 15.3 Å². The Labute approximate surface area is 106 Å². The van der Waals surface area contributed by atoms with Gasteiger partial charge in [0.2, 0.25) is 0 Å². The zero-order valence-electron chi connectivity index (χ0n) is 11.6. The minimum absolute atomic E-state index is 0.592. The van der Waals surface area contributed by atoms with Crippen molar-refractivity contribution in [3.05, 3.63) is 35.9 Å². The van der Waals surface area contributed by atoms with Gasteiger partial charge in [-0.2, -0.15) is 0 Å². The molecule has 0 aliphatic carbocycles. The van der Waals surface area contributed by atoms with Crippen molar-refractivity contribution < 1.29 is 0 Å². The second-order valence-electron chi connectivity index (χ2n) is 4.93. The van der Waals surface area contributed by atoms with Crippen LogP contribution < -0.4 is 5.32 Å². The molecule has 2 heteroatoms. The van der Waals surface area contributed by atoms with Crippen LogP contribution in [0.5, 0.6) is 0 Å². The first-order valence-corrected chi connectivity index (χ1v) is 6.60. The van der Waals surface area contributed by atoms with Crippen molar-refractivity contribution in [1.82, 2.24) is 10.2 Å². The summed E-state index contributed by atoms with van der Waals surface area (Å²) in [5, 5.41) is 3.42.